The largest absolute Gasteiger partial charge is 0.481 e. The zero-order valence-electron chi connectivity index (χ0n) is 13.4. The van der Waals surface area contributed by atoms with E-state index in [1.165, 1.54) is 0 Å². The lowest BCUT2D eigenvalue weighted by molar-refractivity contribution is -0.136. The monoisotopic (exact) mass is 343 g/mol. The zero-order chi connectivity index (χ0) is 17.5. The van der Waals surface area contributed by atoms with Gasteiger partial charge >= 0.3 is 5.97 Å². The summed E-state index contributed by atoms with van der Waals surface area (Å²) in [5, 5.41) is 9.15. The predicted molar refractivity (Wildman–Crippen MR) is 90.1 cm³/mol. The van der Waals surface area contributed by atoms with Gasteiger partial charge in [-0.2, -0.15) is 0 Å². The maximum Gasteiger partial charge on any atom is 0.309 e. The molecular formula is C18H17NO4S. The molecular weight excluding hydrogens is 326 g/mol. The van der Waals surface area contributed by atoms with Crippen molar-refractivity contribution in [3.8, 4) is 0 Å². The first kappa shape index (κ1) is 16.3. The van der Waals surface area contributed by atoms with Crippen molar-refractivity contribution in [3.05, 3.63) is 65.5 Å². The van der Waals surface area contributed by atoms with E-state index in [0.29, 0.717) is 16.8 Å². The number of hydrogen-bond donors (Lipinski definition) is 1. The molecule has 2 heterocycles. The first-order valence-electron chi connectivity index (χ1n) is 7.44. The molecule has 0 bridgehead atoms. The summed E-state index contributed by atoms with van der Waals surface area (Å²) in [7, 11) is -3.74. The summed E-state index contributed by atoms with van der Waals surface area (Å²) in [5.74, 6) is -0.999. The summed E-state index contributed by atoms with van der Waals surface area (Å²) in [6.45, 7) is 3.55. The van der Waals surface area contributed by atoms with Crippen LogP contribution in [0.15, 0.2) is 58.5 Å². The fraction of sp³-hybridized carbons (Fsp3) is 0.167. The molecule has 0 saturated carbocycles. The van der Waals surface area contributed by atoms with E-state index in [0.717, 1.165) is 5.56 Å². The second-order valence-electron chi connectivity index (χ2n) is 5.74. The van der Waals surface area contributed by atoms with E-state index >= 15 is 0 Å². The van der Waals surface area contributed by atoms with Crippen LogP contribution in [-0.4, -0.2) is 23.9 Å². The number of nitrogens with zero attached hydrogens (tertiary/aromatic N) is 1. The van der Waals surface area contributed by atoms with Gasteiger partial charge in [-0.15, -0.1) is 0 Å². The van der Waals surface area contributed by atoms with Crippen LogP contribution in [0.4, 0.5) is 0 Å². The second kappa shape index (κ2) is 5.79. The van der Waals surface area contributed by atoms with Crippen LogP contribution in [0.5, 0.6) is 0 Å². The van der Waals surface area contributed by atoms with Crippen molar-refractivity contribution < 1.29 is 18.3 Å². The van der Waals surface area contributed by atoms with Crippen LogP contribution in [0, 0.1) is 13.8 Å². The van der Waals surface area contributed by atoms with Crippen LogP contribution >= 0.6 is 0 Å². The molecule has 0 radical (unpaired) electrons. The third-order valence-corrected chi connectivity index (χ3v) is 6.02. The number of carbonyl (C=O) groups is 1. The van der Waals surface area contributed by atoms with Crippen LogP contribution in [0.1, 0.15) is 16.8 Å². The minimum Gasteiger partial charge on any atom is -0.481 e. The number of fused-ring (bicyclic) bond motifs is 1. The topological polar surface area (TPSA) is 75.8 Å². The van der Waals surface area contributed by atoms with Gasteiger partial charge in [0.1, 0.15) is 4.90 Å². The third-order valence-electron chi connectivity index (χ3n) is 4.08. The highest BCUT2D eigenvalue weighted by Gasteiger charge is 2.27. The van der Waals surface area contributed by atoms with Crippen molar-refractivity contribution in [1.29, 1.82) is 0 Å². The van der Waals surface area contributed by atoms with Gasteiger partial charge in [0.15, 0.2) is 0 Å². The molecule has 0 fully saturated rings. The number of benzene rings is 1. The average Bonchev–Trinajstić information content (AvgIpc) is 2.80. The van der Waals surface area contributed by atoms with E-state index in [1.54, 1.807) is 60.0 Å². The van der Waals surface area contributed by atoms with Gasteiger partial charge in [0, 0.05) is 11.9 Å². The summed E-state index contributed by atoms with van der Waals surface area (Å²) in [6.07, 6.45) is 1.45. The maximum absolute atomic E-state index is 13.1. The summed E-state index contributed by atoms with van der Waals surface area (Å²) in [4.78, 5) is 11.5. The molecule has 0 atom stereocenters. The van der Waals surface area contributed by atoms with Gasteiger partial charge in [-0.25, -0.2) is 8.42 Å². The Kier molecular flexibility index (Phi) is 3.93. The molecule has 5 nitrogen and oxygen atoms in total. The Morgan fingerprint density at radius 3 is 2.38 bits per heavy atom. The van der Waals surface area contributed by atoms with Gasteiger partial charge in [-0.3, -0.25) is 4.79 Å². The van der Waals surface area contributed by atoms with Gasteiger partial charge in [0.05, 0.1) is 16.8 Å². The maximum atomic E-state index is 13.1. The first-order chi connectivity index (χ1) is 11.3. The van der Waals surface area contributed by atoms with E-state index < -0.39 is 15.8 Å². The normalized spacial score (nSPS) is 11.8. The Balaban J connectivity index is 2.31. The SMILES string of the molecule is Cc1ccc(S(=O)(=O)c2c(C)c(CC(=O)O)n3ccccc23)cc1. The molecule has 124 valence electrons. The molecule has 1 aromatic carbocycles. The fourth-order valence-electron chi connectivity index (χ4n) is 2.90. The minimum atomic E-state index is -3.74. The van der Waals surface area contributed by atoms with Crippen molar-refractivity contribution in [2.75, 3.05) is 0 Å². The lowest BCUT2D eigenvalue weighted by Crippen LogP contribution is -2.05. The number of aromatic nitrogens is 1. The Bertz CT molecular complexity index is 1030. The minimum absolute atomic E-state index is 0.170. The molecule has 0 amide bonds. The molecule has 0 aliphatic heterocycles. The molecule has 24 heavy (non-hydrogen) atoms. The van der Waals surface area contributed by atoms with Crippen LogP contribution in [-0.2, 0) is 21.1 Å². The van der Waals surface area contributed by atoms with E-state index in [1.807, 2.05) is 6.92 Å². The highest BCUT2D eigenvalue weighted by Crippen LogP contribution is 2.32. The van der Waals surface area contributed by atoms with Gasteiger partial charge in [0.2, 0.25) is 9.84 Å². The number of hydrogen-bond acceptors (Lipinski definition) is 3. The van der Waals surface area contributed by atoms with Gasteiger partial charge in [-0.05, 0) is 43.7 Å². The van der Waals surface area contributed by atoms with Crippen molar-refractivity contribution in [2.45, 2.75) is 30.1 Å². The molecule has 1 N–H and O–H groups in total. The van der Waals surface area contributed by atoms with Crippen LogP contribution in [0.2, 0.25) is 0 Å². The van der Waals surface area contributed by atoms with E-state index in [2.05, 4.69) is 0 Å². The predicted octanol–water partition coefficient (Wildman–Crippen LogP) is 3.02. The summed E-state index contributed by atoms with van der Waals surface area (Å²) in [6, 6.07) is 11.8. The molecule has 0 unspecified atom stereocenters. The summed E-state index contributed by atoms with van der Waals surface area (Å²) in [5.41, 5.74) is 2.42. The lowest BCUT2D eigenvalue weighted by atomic mass is 10.2. The number of carboxylic acids is 1. The fourth-order valence-corrected chi connectivity index (χ4v) is 4.60. The van der Waals surface area contributed by atoms with Crippen molar-refractivity contribution >= 4 is 21.3 Å². The van der Waals surface area contributed by atoms with Crippen molar-refractivity contribution in [1.82, 2.24) is 4.40 Å². The molecule has 0 saturated heterocycles. The van der Waals surface area contributed by atoms with E-state index in [9.17, 15) is 13.2 Å². The van der Waals surface area contributed by atoms with Gasteiger partial charge in [0.25, 0.3) is 0 Å². The number of rotatable bonds is 4. The Morgan fingerprint density at radius 1 is 1.08 bits per heavy atom. The Hall–Kier alpha value is -2.60. The van der Waals surface area contributed by atoms with E-state index in [-0.39, 0.29) is 16.2 Å². The first-order valence-corrected chi connectivity index (χ1v) is 8.93. The highest BCUT2D eigenvalue weighted by molar-refractivity contribution is 7.91. The number of carboxylic acid groups (broad SMARTS) is 1. The molecule has 2 aromatic heterocycles. The zero-order valence-corrected chi connectivity index (χ0v) is 14.2. The smallest absolute Gasteiger partial charge is 0.309 e. The molecule has 6 heteroatoms. The van der Waals surface area contributed by atoms with Crippen LogP contribution in [0.3, 0.4) is 0 Å². The third kappa shape index (κ3) is 2.59. The second-order valence-corrected chi connectivity index (χ2v) is 7.63. The Morgan fingerprint density at radius 2 is 1.75 bits per heavy atom. The number of aryl methyl sites for hydroxylation is 1. The quantitative estimate of drug-likeness (QED) is 0.790. The van der Waals surface area contributed by atoms with Crippen LogP contribution < -0.4 is 0 Å². The Labute approximate surface area is 140 Å². The number of sulfone groups is 1. The van der Waals surface area contributed by atoms with Crippen LogP contribution in [0.25, 0.3) is 5.52 Å². The van der Waals surface area contributed by atoms with Crippen molar-refractivity contribution in [2.24, 2.45) is 0 Å². The number of pyridine rings is 1. The lowest BCUT2D eigenvalue weighted by Gasteiger charge is -2.06. The molecule has 3 rings (SSSR count). The number of aliphatic carboxylic acids is 1. The van der Waals surface area contributed by atoms with Crippen molar-refractivity contribution in [3.63, 3.8) is 0 Å². The summed E-state index contributed by atoms with van der Waals surface area (Å²) >= 11 is 0. The molecule has 0 aliphatic rings. The average molecular weight is 343 g/mol. The highest BCUT2D eigenvalue weighted by atomic mass is 32.2. The van der Waals surface area contributed by atoms with Gasteiger partial charge < -0.3 is 9.51 Å². The van der Waals surface area contributed by atoms with E-state index in [4.69, 9.17) is 5.11 Å². The molecule has 0 aliphatic carbocycles. The molecule has 3 aromatic rings. The van der Waals surface area contributed by atoms with Gasteiger partial charge in [-0.1, -0.05) is 23.8 Å². The standard InChI is InChI=1S/C18H17NO4S/c1-12-6-8-14(9-7-12)24(22,23)18-13(2)16(11-17(20)21)19-10-4-3-5-15(18)19/h3-10H,11H2,1-2H3,(H,20,21). The molecule has 0 spiro atoms. The summed E-state index contributed by atoms with van der Waals surface area (Å²) < 4.78 is 27.9.